The number of anilines is 1. The highest BCUT2D eigenvalue weighted by molar-refractivity contribution is 7.99. The van der Waals surface area contributed by atoms with Gasteiger partial charge in [-0.15, -0.1) is 37.3 Å². The van der Waals surface area contributed by atoms with Crippen LogP contribution in [-0.4, -0.2) is 93.3 Å². The fourth-order valence-electron chi connectivity index (χ4n) is 7.21. The first-order valence-electron chi connectivity index (χ1n) is 21.9. The Hall–Kier alpha value is -7.40. The Morgan fingerprint density at radius 1 is 0.893 bits per heavy atom. The maximum Gasteiger partial charge on any atom is 0.296 e. The minimum Gasteiger partial charge on any atom is -0.493 e. The predicted molar refractivity (Wildman–Crippen MR) is 281 cm³/mol. The molecule has 75 heavy (non-hydrogen) atoms. The Kier molecular flexibility index (Phi) is 17.0. The number of nitrogens with one attached hydrogen (secondary N) is 1. The van der Waals surface area contributed by atoms with E-state index in [0.29, 0.717) is 37.4 Å². The summed E-state index contributed by atoms with van der Waals surface area (Å²) in [7, 11) is -13.4. The van der Waals surface area contributed by atoms with Gasteiger partial charge < -0.3 is 20.3 Å². The molecule has 0 saturated carbocycles. The minimum absolute atomic E-state index is 0.00461. The predicted octanol–water partition coefficient (Wildman–Crippen LogP) is 10.5. The van der Waals surface area contributed by atoms with E-state index in [1.54, 1.807) is 50.3 Å². The molecule has 0 aliphatic carbocycles. The van der Waals surface area contributed by atoms with Crippen LogP contribution < -0.4 is 10.1 Å². The molecule has 0 radical (unpaired) electrons. The lowest BCUT2D eigenvalue weighted by atomic mass is 10.1. The minimum atomic E-state index is -4.72. The fourth-order valence-corrected chi connectivity index (χ4v) is 10.9. The second-order valence-electron chi connectivity index (χ2n) is 16.2. The fraction of sp³-hybridized carbons (Fsp3) is 0.217. The van der Waals surface area contributed by atoms with Gasteiger partial charge in [-0.1, -0.05) is 36.1 Å². The van der Waals surface area contributed by atoms with Crippen LogP contribution in [0.2, 0.25) is 0 Å². The molecule has 0 spiro atoms. The van der Waals surface area contributed by atoms with E-state index in [1.807, 2.05) is 0 Å². The van der Waals surface area contributed by atoms with Crippen molar-refractivity contribution in [1.82, 2.24) is 14.4 Å². The summed E-state index contributed by atoms with van der Waals surface area (Å²) in [4.78, 5) is 20.5. The van der Waals surface area contributed by atoms with Crippen molar-refractivity contribution in [3.8, 4) is 17.7 Å². The molecular weight excluding hydrogens is 1070 g/mol. The lowest BCUT2D eigenvalue weighted by Crippen LogP contribution is -2.08. The molecule has 1 amide bonds. The van der Waals surface area contributed by atoms with E-state index < -0.39 is 59.2 Å². The molecule has 0 fully saturated rings. The molecule has 4 aromatic carbocycles. The molecule has 7 aromatic rings. The van der Waals surface area contributed by atoms with E-state index in [9.17, 15) is 59.2 Å². The number of aromatic nitrogens is 3. The van der Waals surface area contributed by atoms with Crippen LogP contribution in [0.1, 0.15) is 47.6 Å². The van der Waals surface area contributed by atoms with Gasteiger partial charge >= 0.3 is 0 Å². The van der Waals surface area contributed by atoms with E-state index in [4.69, 9.17) is 4.74 Å². The number of azo groups is 3. The average Bonchev–Trinajstić information content (AvgIpc) is 3.93. The number of hydrogen-bond acceptors (Lipinski definition) is 21. The summed E-state index contributed by atoms with van der Waals surface area (Å²) in [6.45, 7) is 7.29. The number of nitriles is 1. The number of rotatable bonds is 21. The van der Waals surface area contributed by atoms with E-state index in [2.05, 4.69) is 58.6 Å². The molecule has 29 heteroatoms. The Balaban J connectivity index is 1.28. The molecule has 24 nitrogen and oxygen atoms in total. The van der Waals surface area contributed by atoms with Crippen molar-refractivity contribution < 1.29 is 58.7 Å². The zero-order chi connectivity index (χ0) is 54.4. The summed E-state index contributed by atoms with van der Waals surface area (Å²) in [5, 5.41) is 61.2. The number of carbonyl (C=O) groups excluding carboxylic acids is 1. The van der Waals surface area contributed by atoms with Gasteiger partial charge in [0.2, 0.25) is 16.9 Å². The van der Waals surface area contributed by atoms with Crippen molar-refractivity contribution >= 4 is 132 Å². The average molecular weight is 1120 g/mol. The summed E-state index contributed by atoms with van der Waals surface area (Å²) >= 11 is 2.09. The first kappa shape index (κ1) is 55.4. The van der Waals surface area contributed by atoms with E-state index in [1.165, 1.54) is 47.7 Å². The Labute approximate surface area is 436 Å². The number of fused-ring (bicyclic) bond motifs is 4. The van der Waals surface area contributed by atoms with E-state index in [0.717, 1.165) is 23.1 Å². The van der Waals surface area contributed by atoms with Crippen LogP contribution in [-0.2, 0) is 41.8 Å². The summed E-state index contributed by atoms with van der Waals surface area (Å²) in [6.07, 6.45) is 4.51. The molecule has 0 aliphatic rings. The van der Waals surface area contributed by atoms with Crippen molar-refractivity contribution in [2.24, 2.45) is 30.7 Å². The number of benzene rings is 4. The summed E-state index contributed by atoms with van der Waals surface area (Å²) in [6, 6.07) is 15.6. The second-order valence-corrected chi connectivity index (χ2v) is 22.8. The van der Waals surface area contributed by atoms with Crippen LogP contribution in [0.4, 0.5) is 39.3 Å². The van der Waals surface area contributed by atoms with E-state index in [-0.39, 0.29) is 98.3 Å². The highest BCUT2D eigenvalue weighted by Gasteiger charge is 2.23. The van der Waals surface area contributed by atoms with Crippen LogP contribution in [0, 0.1) is 25.2 Å². The number of aryl methyl sites for hydroxylation is 1. The first-order valence-corrected chi connectivity index (χ1v) is 28.3. The zero-order valence-corrected chi connectivity index (χ0v) is 43.7. The van der Waals surface area contributed by atoms with Crippen LogP contribution >= 0.6 is 23.1 Å². The molecular formula is C46H43N11O13S5. The molecule has 0 unspecified atom stereocenters. The number of hydrogen-bond donors (Lipinski definition) is 6. The zero-order valence-electron chi connectivity index (χ0n) is 39.6. The molecule has 0 saturated heterocycles. The molecule has 0 atom stereocenters. The third kappa shape index (κ3) is 13.7. The summed E-state index contributed by atoms with van der Waals surface area (Å²) in [5.74, 6) is -1.82. The second kappa shape index (κ2) is 23.0. The Morgan fingerprint density at radius 3 is 2.28 bits per heavy atom. The number of nitrogens with zero attached hydrogens (tertiary/aromatic N) is 10. The normalized spacial score (nSPS) is 12.6. The maximum absolute atomic E-state index is 12.3. The third-order valence-corrected chi connectivity index (χ3v) is 15.1. The van der Waals surface area contributed by atoms with Crippen molar-refractivity contribution in [2.75, 3.05) is 29.2 Å². The number of allylic oxidation sites excluding steroid dienone is 2. The number of aromatic hydroxyl groups is 1. The molecule has 7 rings (SSSR count). The molecule has 0 bridgehead atoms. The SMILES string of the molecule is C=C/C=C\c1cc(S(=O)(=O)O)c2nc(N=Nc3cc(SCCCS(=O)(=O)O)c(N=Nc4cc(OCCCS(=O)(=O)O)c(N=Nc5c(C)c(C#N)c6nc7ccc(NC(C)=O)cc7n6c5O)cc4C)cc3CO)sc2c1. The van der Waals surface area contributed by atoms with Gasteiger partial charge in [0.25, 0.3) is 30.4 Å². The molecule has 0 aliphatic heterocycles. The molecule has 6 N–H and O–H groups in total. The number of amides is 1. The van der Waals surface area contributed by atoms with Gasteiger partial charge in [0.15, 0.2) is 11.3 Å². The Bertz CT molecular complexity index is 3960. The van der Waals surface area contributed by atoms with Gasteiger partial charge in [-0.25, -0.2) is 9.97 Å². The van der Waals surface area contributed by atoms with Gasteiger partial charge in [0.1, 0.15) is 33.5 Å². The number of aliphatic hydroxyl groups is 1. The van der Waals surface area contributed by atoms with Crippen LogP contribution in [0.15, 0.2) is 114 Å². The van der Waals surface area contributed by atoms with Crippen LogP contribution in [0.3, 0.4) is 0 Å². The monoisotopic (exact) mass is 1120 g/mol. The van der Waals surface area contributed by atoms with Crippen LogP contribution in [0.25, 0.3) is 33.0 Å². The smallest absolute Gasteiger partial charge is 0.296 e. The highest BCUT2D eigenvalue weighted by atomic mass is 32.2. The van der Waals surface area contributed by atoms with Gasteiger partial charge in [-0.3, -0.25) is 22.9 Å². The molecule has 3 aromatic heterocycles. The lowest BCUT2D eigenvalue weighted by Gasteiger charge is -2.12. The van der Waals surface area contributed by atoms with Crippen molar-refractivity contribution in [2.45, 2.75) is 50.0 Å². The van der Waals surface area contributed by atoms with Crippen LogP contribution in [0.5, 0.6) is 11.6 Å². The van der Waals surface area contributed by atoms with Gasteiger partial charge in [0.05, 0.1) is 57.5 Å². The summed E-state index contributed by atoms with van der Waals surface area (Å²) in [5.41, 5.74) is 2.96. The summed E-state index contributed by atoms with van der Waals surface area (Å²) < 4.78 is 107. The first-order chi connectivity index (χ1) is 35.5. The number of imidazole rings is 1. The standard InChI is InChI=1S/C46H43N11O13S5/c1-5-6-9-28-17-40-43(41(18-28)75(67,68)69)50-46(72-40)56-52-34-22-39(71-13-8-15-74(64,65)66)36(19-29(34)24-58)54-51-33-21-38(70-12-7-14-73(61,62)63)35(16-25(33)2)53-55-42-26(3)31(23-47)44-49-32-11-10-30(48-27(4)59)20-37(32)57(44)45(42)60/h5-6,9-11,16-22,58,60H,1,7-8,12-15,24H2,2-4H3,(H,48,59)(H,61,62,63)(H,64,65,66)(H,67,68,69)/b9-6-,54-51?,55-53?,56-52?. The van der Waals surface area contributed by atoms with Crippen molar-refractivity contribution in [3.63, 3.8) is 0 Å². The van der Waals surface area contributed by atoms with Crippen molar-refractivity contribution in [1.29, 1.82) is 5.26 Å². The number of carbonyl (C=O) groups is 1. The Morgan fingerprint density at radius 2 is 1.60 bits per heavy atom. The number of ether oxygens (including phenoxy) is 1. The molecule has 3 heterocycles. The third-order valence-electron chi connectivity index (χ3n) is 10.6. The number of pyridine rings is 1. The number of thioether (sulfide) groups is 1. The quantitative estimate of drug-likeness (QED) is 0.0128. The highest BCUT2D eigenvalue weighted by Crippen LogP contribution is 2.43. The van der Waals surface area contributed by atoms with E-state index >= 15 is 0 Å². The lowest BCUT2D eigenvalue weighted by molar-refractivity contribution is -0.114. The topological polar surface area (TPSA) is 370 Å². The number of aliphatic hydroxyl groups excluding tert-OH is 1. The van der Waals surface area contributed by atoms with Gasteiger partial charge in [-0.2, -0.15) is 35.6 Å². The van der Waals surface area contributed by atoms with Gasteiger partial charge in [-0.05, 0) is 92.1 Å². The number of thiazole rings is 1. The maximum atomic E-state index is 12.3. The largest absolute Gasteiger partial charge is 0.493 e. The molecule has 390 valence electrons. The van der Waals surface area contributed by atoms with Gasteiger partial charge in [0, 0.05) is 34.7 Å². The van der Waals surface area contributed by atoms with Crippen molar-refractivity contribution in [3.05, 3.63) is 101 Å².